The van der Waals surface area contributed by atoms with Crippen LogP contribution in [0, 0.1) is 0 Å². The molecule has 0 aliphatic heterocycles. The summed E-state index contributed by atoms with van der Waals surface area (Å²) >= 11 is 12.1. The first kappa shape index (κ1) is 28.7. The van der Waals surface area contributed by atoms with E-state index in [0.717, 1.165) is 11.8 Å². The lowest BCUT2D eigenvalue weighted by molar-refractivity contribution is -0.141. The van der Waals surface area contributed by atoms with E-state index in [9.17, 15) is 18.0 Å². The number of hydrogen-bond acceptors (Lipinski definition) is 5. The topological polar surface area (TPSA) is 96.0 Å². The summed E-state index contributed by atoms with van der Waals surface area (Å²) < 4.78 is 31.5. The molecule has 0 spiro atoms. The molecule has 0 unspecified atom stereocenters. The molecule has 0 heterocycles. The Bertz CT molecular complexity index is 1140. The molecule has 192 valence electrons. The van der Waals surface area contributed by atoms with Gasteiger partial charge < -0.3 is 15.0 Å². The van der Waals surface area contributed by atoms with Gasteiger partial charge in [-0.25, -0.2) is 8.42 Å². The standard InChI is InChI=1S/C24H31Cl2N3O5S/c1-5-20(24(31)27-2)28(16-17-12-13-18(25)19(26)15-17)23(30)11-8-14-29(35(4,32)33)21-9-6-7-10-22(21)34-3/h6-7,9-10,12-13,15,20H,5,8,11,14,16H2,1-4H3,(H,27,31)/t20-/m1/s1. The number of anilines is 1. The molecule has 2 rings (SSSR count). The largest absolute Gasteiger partial charge is 0.495 e. The molecule has 0 radical (unpaired) electrons. The highest BCUT2D eigenvalue weighted by Gasteiger charge is 2.28. The molecular weight excluding hydrogens is 513 g/mol. The molecule has 0 saturated carbocycles. The van der Waals surface area contributed by atoms with E-state index >= 15 is 0 Å². The van der Waals surface area contributed by atoms with Gasteiger partial charge in [0.1, 0.15) is 11.8 Å². The molecular formula is C24H31Cl2N3O5S. The molecule has 0 aromatic heterocycles. The number of likely N-dealkylation sites (N-methyl/N-ethyl adjacent to an activating group) is 1. The highest BCUT2D eigenvalue weighted by atomic mass is 35.5. The maximum absolute atomic E-state index is 13.3. The Kier molecular flexibility index (Phi) is 10.7. The monoisotopic (exact) mass is 543 g/mol. The molecule has 11 heteroatoms. The first-order valence-electron chi connectivity index (χ1n) is 11.1. The highest BCUT2D eigenvalue weighted by Crippen LogP contribution is 2.30. The van der Waals surface area contributed by atoms with E-state index in [4.69, 9.17) is 27.9 Å². The Morgan fingerprint density at radius 1 is 1.11 bits per heavy atom. The highest BCUT2D eigenvalue weighted by molar-refractivity contribution is 7.92. The Morgan fingerprint density at radius 3 is 2.37 bits per heavy atom. The van der Waals surface area contributed by atoms with Gasteiger partial charge in [0.2, 0.25) is 21.8 Å². The number of hydrogen-bond donors (Lipinski definition) is 1. The van der Waals surface area contributed by atoms with E-state index in [1.54, 1.807) is 42.5 Å². The minimum atomic E-state index is -3.63. The zero-order chi connectivity index (χ0) is 26.2. The summed E-state index contributed by atoms with van der Waals surface area (Å²) in [6.45, 7) is 2.05. The molecule has 2 amide bonds. The number of amides is 2. The van der Waals surface area contributed by atoms with Gasteiger partial charge in [-0.2, -0.15) is 0 Å². The van der Waals surface area contributed by atoms with Crippen LogP contribution in [0.15, 0.2) is 42.5 Å². The Hall–Kier alpha value is -2.49. The fourth-order valence-electron chi connectivity index (χ4n) is 3.74. The Morgan fingerprint density at radius 2 is 1.80 bits per heavy atom. The second kappa shape index (κ2) is 13.0. The molecule has 0 aliphatic rings. The summed E-state index contributed by atoms with van der Waals surface area (Å²) in [7, 11) is -0.644. The van der Waals surface area contributed by atoms with E-state index < -0.39 is 16.1 Å². The molecule has 0 bridgehead atoms. The summed E-state index contributed by atoms with van der Waals surface area (Å²) in [6, 6.07) is 11.1. The van der Waals surface area contributed by atoms with Crippen LogP contribution in [0.1, 0.15) is 31.7 Å². The van der Waals surface area contributed by atoms with Gasteiger partial charge in [-0.15, -0.1) is 0 Å². The number of sulfonamides is 1. The van der Waals surface area contributed by atoms with Gasteiger partial charge in [0, 0.05) is 26.6 Å². The summed E-state index contributed by atoms with van der Waals surface area (Å²) in [5.74, 6) is -0.149. The minimum Gasteiger partial charge on any atom is -0.495 e. The lowest BCUT2D eigenvalue weighted by Gasteiger charge is -2.31. The Labute approximate surface area is 217 Å². The summed E-state index contributed by atoms with van der Waals surface area (Å²) in [5.41, 5.74) is 1.12. The van der Waals surface area contributed by atoms with Crippen molar-refractivity contribution in [2.24, 2.45) is 0 Å². The van der Waals surface area contributed by atoms with Gasteiger partial charge in [-0.1, -0.05) is 48.3 Å². The smallest absolute Gasteiger partial charge is 0.242 e. The first-order valence-corrected chi connectivity index (χ1v) is 13.7. The Balaban J connectivity index is 2.24. The van der Waals surface area contributed by atoms with Crippen molar-refractivity contribution >= 4 is 50.7 Å². The molecule has 1 N–H and O–H groups in total. The number of rotatable bonds is 12. The number of carbonyl (C=O) groups is 2. The van der Waals surface area contributed by atoms with E-state index in [1.807, 2.05) is 6.92 Å². The fourth-order valence-corrected chi connectivity index (χ4v) is 5.03. The summed E-state index contributed by atoms with van der Waals surface area (Å²) in [4.78, 5) is 27.3. The van der Waals surface area contributed by atoms with Crippen molar-refractivity contribution in [3.63, 3.8) is 0 Å². The van der Waals surface area contributed by atoms with Gasteiger partial charge in [-0.3, -0.25) is 13.9 Å². The molecule has 8 nitrogen and oxygen atoms in total. The molecule has 2 aromatic rings. The van der Waals surface area contributed by atoms with Crippen LogP contribution < -0.4 is 14.4 Å². The van der Waals surface area contributed by atoms with Crippen molar-refractivity contribution in [2.45, 2.75) is 38.8 Å². The van der Waals surface area contributed by atoms with E-state index in [-0.39, 0.29) is 37.7 Å². The van der Waals surface area contributed by atoms with Crippen molar-refractivity contribution in [3.8, 4) is 5.75 Å². The molecule has 0 saturated heterocycles. The van der Waals surface area contributed by atoms with Gasteiger partial charge in [0.15, 0.2) is 0 Å². The van der Waals surface area contributed by atoms with Crippen LogP contribution in [0.3, 0.4) is 0 Å². The third-order valence-electron chi connectivity index (χ3n) is 5.48. The van der Waals surface area contributed by atoms with Crippen LogP contribution in [0.4, 0.5) is 5.69 Å². The van der Waals surface area contributed by atoms with Crippen LogP contribution in [0.2, 0.25) is 10.0 Å². The van der Waals surface area contributed by atoms with E-state index in [0.29, 0.717) is 27.9 Å². The fraction of sp³-hybridized carbons (Fsp3) is 0.417. The van der Waals surface area contributed by atoms with Crippen molar-refractivity contribution in [2.75, 3.05) is 31.3 Å². The number of nitrogens with zero attached hydrogens (tertiary/aromatic N) is 2. The lowest BCUT2D eigenvalue weighted by Crippen LogP contribution is -2.48. The molecule has 35 heavy (non-hydrogen) atoms. The van der Waals surface area contributed by atoms with Crippen molar-refractivity contribution in [1.29, 1.82) is 0 Å². The molecule has 2 aromatic carbocycles. The molecule has 1 atom stereocenters. The number of benzene rings is 2. The van der Waals surface area contributed by atoms with Gasteiger partial charge >= 0.3 is 0 Å². The predicted octanol–water partition coefficient (Wildman–Crippen LogP) is 4.10. The normalized spacial score (nSPS) is 12.1. The summed E-state index contributed by atoms with van der Waals surface area (Å²) in [6.07, 6.45) is 1.79. The van der Waals surface area contributed by atoms with Gasteiger partial charge in [-0.05, 0) is 42.7 Å². The van der Waals surface area contributed by atoms with Crippen molar-refractivity contribution < 1.29 is 22.7 Å². The van der Waals surface area contributed by atoms with E-state index in [1.165, 1.54) is 23.4 Å². The first-order chi connectivity index (χ1) is 16.5. The van der Waals surface area contributed by atoms with Crippen molar-refractivity contribution in [3.05, 3.63) is 58.1 Å². The van der Waals surface area contributed by atoms with Crippen LogP contribution in [0.5, 0.6) is 5.75 Å². The lowest BCUT2D eigenvalue weighted by atomic mass is 10.1. The molecule has 0 fully saturated rings. The second-order valence-electron chi connectivity index (χ2n) is 7.92. The second-order valence-corrected chi connectivity index (χ2v) is 10.6. The van der Waals surface area contributed by atoms with Crippen molar-refractivity contribution in [1.82, 2.24) is 10.2 Å². The molecule has 0 aliphatic carbocycles. The quantitative estimate of drug-likeness (QED) is 0.434. The van der Waals surface area contributed by atoms with E-state index in [2.05, 4.69) is 5.32 Å². The number of halogens is 2. The third kappa shape index (κ3) is 7.75. The minimum absolute atomic E-state index is 0.0377. The van der Waals surface area contributed by atoms with Crippen LogP contribution in [-0.4, -0.2) is 58.1 Å². The average Bonchev–Trinajstić information content (AvgIpc) is 2.82. The number of nitrogens with one attached hydrogen (secondary N) is 1. The number of methoxy groups -OCH3 is 1. The number of para-hydroxylation sites is 2. The van der Waals surface area contributed by atoms with Crippen LogP contribution in [0.25, 0.3) is 0 Å². The van der Waals surface area contributed by atoms with Gasteiger partial charge in [0.25, 0.3) is 0 Å². The van der Waals surface area contributed by atoms with Gasteiger partial charge in [0.05, 0.1) is 29.1 Å². The third-order valence-corrected chi connectivity index (χ3v) is 7.39. The predicted molar refractivity (Wildman–Crippen MR) is 140 cm³/mol. The van der Waals surface area contributed by atoms with Crippen LogP contribution >= 0.6 is 23.2 Å². The SMILES string of the molecule is CC[C@H](C(=O)NC)N(Cc1ccc(Cl)c(Cl)c1)C(=O)CCCN(c1ccccc1OC)S(C)(=O)=O. The van der Waals surface area contributed by atoms with Crippen LogP contribution in [-0.2, 0) is 26.2 Å². The maximum Gasteiger partial charge on any atom is 0.242 e. The zero-order valence-corrected chi connectivity index (χ0v) is 22.6. The number of carbonyl (C=O) groups excluding carboxylic acids is 2. The summed E-state index contributed by atoms with van der Waals surface area (Å²) in [5, 5.41) is 3.35. The average molecular weight is 545 g/mol. The zero-order valence-electron chi connectivity index (χ0n) is 20.3. The maximum atomic E-state index is 13.3. The number of ether oxygens (including phenoxy) is 1.